The van der Waals surface area contributed by atoms with E-state index in [1.807, 2.05) is 45.0 Å². The Morgan fingerprint density at radius 2 is 1.92 bits per heavy atom. The molecular weight excluding hydrogens is 306 g/mol. The standard InChI is InChI=1S/C18H19N3O3/c1-10(2)21-17-16(11(3)20-21)14(9-15(19-17)18(22)23)12-5-7-13(24-4)8-6-12/h5-10H,1-4H3,(H,22,23). The molecule has 0 aliphatic carbocycles. The van der Waals surface area contributed by atoms with Crippen LogP contribution in [0.1, 0.15) is 36.1 Å². The Labute approximate surface area is 139 Å². The van der Waals surface area contributed by atoms with Crippen molar-refractivity contribution >= 4 is 17.0 Å². The van der Waals surface area contributed by atoms with Crippen LogP contribution in [0.5, 0.6) is 5.75 Å². The molecule has 2 heterocycles. The van der Waals surface area contributed by atoms with E-state index >= 15 is 0 Å². The van der Waals surface area contributed by atoms with Crippen LogP contribution in [0, 0.1) is 6.92 Å². The smallest absolute Gasteiger partial charge is 0.354 e. The van der Waals surface area contributed by atoms with Crippen molar-refractivity contribution < 1.29 is 14.6 Å². The number of pyridine rings is 1. The largest absolute Gasteiger partial charge is 0.497 e. The Bertz CT molecular complexity index is 911. The lowest BCUT2D eigenvalue weighted by Gasteiger charge is -2.10. The normalized spacial score (nSPS) is 11.2. The van der Waals surface area contributed by atoms with E-state index in [1.165, 1.54) is 0 Å². The zero-order chi connectivity index (χ0) is 17.4. The first-order valence-corrected chi connectivity index (χ1v) is 7.70. The zero-order valence-corrected chi connectivity index (χ0v) is 14.1. The van der Waals surface area contributed by atoms with Crippen molar-refractivity contribution in [2.75, 3.05) is 7.11 Å². The number of hydrogen-bond acceptors (Lipinski definition) is 4. The third-order valence-electron chi connectivity index (χ3n) is 3.95. The van der Waals surface area contributed by atoms with Crippen molar-refractivity contribution in [3.05, 3.63) is 41.7 Å². The minimum absolute atomic E-state index is 0.00937. The number of carboxylic acid groups (broad SMARTS) is 1. The second kappa shape index (κ2) is 5.96. The highest BCUT2D eigenvalue weighted by Crippen LogP contribution is 2.33. The van der Waals surface area contributed by atoms with Gasteiger partial charge in [-0.3, -0.25) is 0 Å². The number of nitrogens with zero attached hydrogens (tertiary/aromatic N) is 3. The number of aromatic carboxylic acids is 1. The molecule has 0 saturated carbocycles. The maximum Gasteiger partial charge on any atom is 0.354 e. The summed E-state index contributed by atoms with van der Waals surface area (Å²) in [5, 5.41) is 14.8. The van der Waals surface area contributed by atoms with E-state index < -0.39 is 5.97 Å². The summed E-state index contributed by atoms with van der Waals surface area (Å²) in [5.74, 6) is -0.307. The first kappa shape index (κ1) is 16.0. The van der Waals surface area contributed by atoms with Gasteiger partial charge in [-0.05, 0) is 50.1 Å². The molecule has 0 fully saturated rings. The predicted octanol–water partition coefficient (Wildman–Crippen LogP) is 3.69. The van der Waals surface area contributed by atoms with E-state index in [4.69, 9.17) is 4.74 Å². The molecule has 6 nitrogen and oxygen atoms in total. The van der Waals surface area contributed by atoms with E-state index in [1.54, 1.807) is 17.9 Å². The number of rotatable bonds is 4. The number of aryl methyl sites for hydroxylation is 1. The maximum atomic E-state index is 11.5. The fourth-order valence-corrected chi connectivity index (χ4v) is 2.78. The lowest BCUT2D eigenvalue weighted by Crippen LogP contribution is -2.07. The second-order valence-corrected chi connectivity index (χ2v) is 5.91. The maximum absolute atomic E-state index is 11.5. The van der Waals surface area contributed by atoms with Crippen LogP contribution < -0.4 is 4.74 Å². The van der Waals surface area contributed by atoms with Crippen LogP contribution in [0.4, 0.5) is 0 Å². The average molecular weight is 325 g/mol. The topological polar surface area (TPSA) is 77.2 Å². The van der Waals surface area contributed by atoms with Gasteiger partial charge in [0.15, 0.2) is 11.3 Å². The molecule has 0 aliphatic heterocycles. The van der Waals surface area contributed by atoms with Crippen molar-refractivity contribution in [1.29, 1.82) is 0 Å². The third kappa shape index (κ3) is 2.60. The lowest BCUT2D eigenvalue weighted by atomic mass is 10.0. The predicted molar refractivity (Wildman–Crippen MR) is 91.6 cm³/mol. The van der Waals surface area contributed by atoms with Crippen LogP contribution in [0.15, 0.2) is 30.3 Å². The summed E-state index contributed by atoms with van der Waals surface area (Å²) in [5.41, 5.74) is 3.14. The molecule has 2 aromatic heterocycles. The van der Waals surface area contributed by atoms with Crippen molar-refractivity contribution in [2.24, 2.45) is 0 Å². The summed E-state index contributed by atoms with van der Waals surface area (Å²) in [6.45, 7) is 5.90. The number of carboxylic acids is 1. The first-order chi connectivity index (χ1) is 11.4. The molecular formula is C18H19N3O3. The van der Waals surface area contributed by atoms with E-state index in [2.05, 4.69) is 10.1 Å². The number of fused-ring (bicyclic) bond motifs is 1. The van der Waals surface area contributed by atoms with Crippen LogP contribution in [0.25, 0.3) is 22.2 Å². The third-order valence-corrected chi connectivity index (χ3v) is 3.95. The number of aromatic nitrogens is 3. The van der Waals surface area contributed by atoms with Gasteiger partial charge >= 0.3 is 5.97 Å². The molecule has 0 unspecified atom stereocenters. The van der Waals surface area contributed by atoms with Crippen molar-refractivity contribution in [1.82, 2.24) is 14.8 Å². The minimum Gasteiger partial charge on any atom is -0.497 e. The van der Waals surface area contributed by atoms with Crippen molar-refractivity contribution in [2.45, 2.75) is 26.8 Å². The van der Waals surface area contributed by atoms with E-state index in [0.717, 1.165) is 28.0 Å². The van der Waals surface area contributed by atoms with Crippen LogP contribution >= 0.6 is 0 Å². The monoisotopic (exact) mass is 325 g/mol. The van der Waals surface area contributed by atoms with E-state index in [9.17, 15) is 9.90 Å². The molecule has 6 heteroatoms. The average Bonchev–Trinajstić information content (AvgIpc) is 2.91. The zero-order valence-electron chi connectivity index (χ0n) is 14.1. The van der Waals surface area contributed by atoms with Gasteiger partial charge in [0.25, 0.3) is 0 Å². The Morgan fingerprint density at radius 1 is 1.25 bits per heavy atom. The lowest BCUT2D eigenvalue weighted by molar-refractivity contribution is 0.0691. The number of ether oxygens (including phenoxy) is 1. The molecule has 1 N–H and O–H groups in total. The second-order valence-electron chi connectivity index (χ2n) is 5.91. The van der Waals surface area contributed by atoms with E-state index in [-0.39, 0.29) is 11.7 Å². The highest BCUT2D eigenvalue weighted by atomic mass is 16.5. The molecule has 24 heavy (non-hydrogen) atoms. The summed E-state index contributed by atoms with van der Waals surface area (Å²) >= 11 is 0. The van der Waals surface area contributed by atoms with Gasteiger partial charge < -0.3 is 9.84 Å². The van der Waals surface area contributed by atoms with Crippen LogP contribution in [-0.4, -0.2) is 33.0 Å². The summed E-state index contributed by atoms with van der Waals surface area (Å²) in [7, 11) is 1.61. The van der Waals surface area contributed by atoms with Gasteiger partial charge in [-0.15, -0.1) is 0 Å². The van der Waals surface area contributed by atoms with Crippen LogP contribution in [0.2, 0.25) is 0 Å². The van der Waals surface area contributed by atoms with Gasteiger partial charge in [-0.25, -0.2) is 14.5 Å². The summed E-state index contributed by atoms with van der Waals surface area (Å²) < 4.78 is 6.96. The van der Waals surface area contributed by atoms with Crippen molar-refractivity contribution in [3.63, 3.8) is 0 Å². The highest BCUT2D eigenvalue weighted by Gasteiger charge is 2.19. The molecule has 0 radical (unpaired) electrons. The van der Waals surface area contributed by atoms with Gasteiger partial charge in [-0.1, -0.05) is 12.1 Å². The molecule has 0 aliphatic rings. The Balaban J connectivity index is 2.34. The van der Waals surface area contributed by atoms with Gasteiger partial charge in [0.1, 0.15) is 5.75 Å². The number of hydrogen-bond donors (Lipinski definition) is 1. The molecule has 124 valence electrons. The van der Waals surface area contributed by atoms with Crippen LogP contribution in [-0.2, 0) is 0 Å². The minimum atomic E-state index is -1.05. The molecule has 0 bridgehead atoms. The SMILES string of the molecule is COc1ccc(-c2cc(C(=O)O)nc3c2c(C)nn3C(C)C)cc1. The number of methoxy groups -OCH3 is 1. The fourth-order valence-electron chi connectivity index (χ4n) is 2.78. The molecule has 0 atom stereocenters. The Morgan fingerprint density at radius 3 is 2.46 bits per heavy atom. The fraction of sp³-hybridized carbons (Fsp3) is 0.278. The molecule has 1 aromatic carbocycles. The number of carbonyl (C=O) groups is 1. The molecule has 3 aromatic rings. The quantitative estimate of drug-likeness (QED) is 0.791. The molecule has 0 saturated heterocycles. The summed E-state index contributed by atoms with van der Waals surface area (Å²) in [6.07, 6.45) is 0. The Hall–Kier alpha value is -2.89. The summed E-state index contributed by atoms with van der Waals surface area (Å²) in [6, 6.07) is 9.21. The molecule has 3 rings (SSSR count). The van der Waals surface area contributed by atoms with Gasteiger partial charge in [-0.2, -0.15) is 5.10 Å². The number of benzene rings is 1. The summed E-state index contributed by atoms with van der Waals surface area (Å²) in [4.78, 5) is 15.8. The molecule has 0 spiro atoms. The first-order valence-electron chi connectivity index (χ1n) is 7.70. The van der Waals surface area contributed by atoms with E-state index in [0.29, 0.717) is 5.65 Å². The van der Waals surface area contributed by atoms with Crippen molar-refractivity contribution in [3.8, 4) is 16.9 Å². The van der Waals surface area contributed by atoms with Gasteiger partial charge in [0.05, 0.1) is 12.8 Å². The van der Waals surface area contributed by atoms with Gasteiger partial charge in [0, 0.05) is 11.4 Å². The Kier molecular flexibility index (Phi) is 3.97. The molecule has 0 amide bonds. The van der Waals surface area contributed by atoms with Crippen LogP contribution in [0.3, 0.4) is 0 Å². The van der Waals surface area contributed by atoms with Gasteiger partial charge in [0.2, 0.25) is 0 Å². The highest BCUT2D eigenvalue weighted by molar-refractivity contribution is 5.99.